The number of phenolic OH excluding ortho intramolecular Hbond substituents is 3. The van der Waals surface area contributed by atoms with Crippen molar-refractivity contribution in [3.8, 4) is 23.0 Å². The first kappa shape index (κ1) is 12.2. The minimum Gasteiger partial charge on any atom is -0.508 e. The van der Waals surface area contributed by atoms with Gasteiger partial charge in [-0.2, -0.15) is 0 Å². The molecule has 1 aromatic heterocycles. The van der Waals surface area contributed by atoms with Crippen molar-refractivity contribution in [1.29, 1.82) is 0 Å². The van der Waals surface area contributed by atoms with Crippen LogP contribution in [0.3, 0.4) is 0 Å². The third-order valence-electron chi connectivity index (χ3n) is 3.08. The molecule has 0 aliphatic rings. The molecule has 0 bridgehead atoms. The lowest BCUT2D eigenvalue weighted by Gasteiger charge is -2.08. The second kappa shape index (κ2) is 4.06. The Morgan fingerprint density at radius 2 is 1.75 bits per heavy atom. The monoisotopic (exact) mass is 274 g/mol. The zero-order valence-corrected chi connectivity index (χ0v) is 10.4. The quantitative estimate of drug-likeness (QED) is 0.464. The van der Waals surface area contributed by atoms with Crippen molar-refractivity contribution < 1.29 is 24.5 Å². The maximum atomic E-state index is 11.9. The third kappa shape index (κ3) is 1.62. The van der Waals surface area contributed by atoms with Gasteiger partial charge in [-0.05, 0) is 12.1 Å². The summed E-state index contributed by atoms with van der Waals surface area (Å²) in [5.41, 5.74) is -0.556. The molecule has 1 heterocycles. The lowest BCUT2D eigenvalue weighted by molar-refractivity contribution is 0.373. The molecule has 0 saturated carbocycles. The van der Waals surface area contributed by atoms with E-state index in [-0.39, 0.29) is 39.4 Å². The Bertz CT molecular complexity index is 894. The van der Waals surface area contributed by atoms with Crippen molar-refractivity contribution in [1.82, 2.24) is 0 Å². The average Bonchev–Trinajstić information content (AvgIpc) is 2.38. The summed E-state index contributed by atoms with van der Waals surface area (Å²) in [5.74, 6) is -0.564. The van der Waals surface area contributed by atoms with Crippen LogP contribution in [0.4, 0.5) is 0 Å². The van der Waals surface area contributed by atoms with Crippen LogP contribution in [0.25, 0.3) is 21.7 Å². The van der Waals surface area contributed by atoms with Gasteiger partial charge in [0.25, 0.3) is 0 Å². The van der Waals surface area contributed by atoms with Gasteiger partial charge in [-0.1, -0.05) is 0 Å². The highest BCUT2D eigenvalue weighted by atomic mass is 16.5. The van der Waals surface area contributed by atoms with Gasteiger partial charge in [-0.15, -0.1) is 0 Å². The van der Waals surface area contributed by atoms with Crippen molar-refractivity contribution in [2.45, 2.75) is 0 Å². The molecule has 0 fully saturated rings. The van der Waals surface area contributed by atoms with E-state index < -0.39 is 5.63 Å². The maximum Gasteiger partial charge on any atom is 0.347 e. The molecule has 0 spiro atoms. The van der Waals surface area contributed by atoms with Crippen LogP contribution in [0, 0.1) is 0 Å². The molecule has 6 heteroatoms. The largest absolute Gasteiger partial charge is 0.508 e. The lowest BCUT2D eigenvalue weighted by atomic mass is 10.1. The molecule has 0 unspecified atom stereocenters. The van der Waals surface area contributed by atoms with Crippen molar-refractivity contribution in [3.05, 3.63) is 34.7 Å². The Balaban J connectivity index is 2.59. The van der Waals surface area contributed by atoms with E-state index in [2.05, 4.69) is 0 Å². The van der Waals surface area contributed by atoms with Crippen LogP contribution in [0.15, 0.2) is 33.5 Å². The Morgan fingerprint density at radius 3 is 2.45 bits per heavy atom. The molecule has 20 heavy (non-hydrogen) atoms. The lowest BCUT2D eigenvalue weighted by Crippen LogP contribution is -2.00. The first-order chi connectivity index (χ1) is 9.51. The molecule has 3 rings (SSSR count). The van der Waals surface area contributed by atoms with E-state index in [0.717, 1.165) is 6.07 Å². The molecule has 0 aliphatic carbocycles. The Morgan fingerprint density at radius 1 is 1.00 bits per heavy atom. The van der Waals surface area contributed by atoms with Gasteiger partial charge >= 0.3 is 5.63 Å². The van der Waals surface area contributed by atoms with E-state index in [9.17, 15) is 20.1 Å². The molecule has 3 aromatic rings. The molecule has 3 N–H and O–H groups in total. The second-order valence-electron chi connectivity index (χ2n) is 4.30. The molecule has 102 valence electrons. The van der Waals surface area contributed by atoms with E-state index in [0.29, 0.717) is 5.39 Å². The molecule has 0 radical (unpaired) electrons. The average molecular weight is 274 g/mol. The number of hydrogen-bond donors (Lipinski definition) is 3. The molecule has 0 amide bonds. The van der Waals surface area contributed by atoms with Crippen molar-refractivity contribution in [2.24, 2.45) is 0 Å². The highest BCUT2D eigenvalue weighted by molar-refractivity contribution is 6.07. The highest BCUT2D eigenvalue weighted by Gasteiger charge is 2.15. The summed E-state index contributed by atoms with van der Waals surface area (Å²) in [4.78, 5) is 11.9. The van der Waals surface area contributed by atoms with Crippen molar-refractivity contribution >= 4 is 21.7 Å². The van der Waals surface area contributed by atoms with Gasteiger partial charge in [0, 0.05) is 22.9 Å². The SMILES string of the molecule is COc1cc2oc(=O)c3c(O)cc(O)cc3c2cc1O. The summed E-state index contributed by atoms with van der Waals surface area (Å²) in [6.45, 7) is 0. The smallest absolute Gasteiger partial charge is 0.347 e. The van der Waals surface area contributed by atoms with Gasteiger partial charge < -0.3 is 24.5 Å². The predicted molar refractivity (Wildman–Crippen MR) is 71.5 cm³/mol. The van der Waals surface area contributed by atoms with E-state index in [1.54, 1.807) is 0 Å². The summed E-state index contributed by atoms with van der Waals surface area (Å²) in [6, 6.07) is 5.08. The number of phenols is 3. The van der Waals surface area contributed by atoms with Crippen LogP contribution in [-0.2, 0) is 0 Å². The number of methoxy groups -OCH3 is 1. The van der Waals surface area contributed by atoms with Gasteiger partial charge in [0.15, 0.2) is 11.5 Å². The van der Waals surface area contributed by atoms with E-state index >= 15 is 0 Å². The van der Waals surface area contributed by atoms with Gasteiger partial charge in [-0.25, -0.2) is 4.79 Å². The second-order valence-corrected chi connectivity index (χ2v) is 4.30. The normalized spacial score (nSPS) is 11.1. The van der Waals surface area contributed by atoms with Gasteiger partial charge in [0.2, 0.25) is 0 Å². The minimum atomic E-state index is -0.738. The number of hydrogen-bond acceptors (Lipinski definition) is 6. The van der Waals surface area contributed by atoms with Gasteiger partial charge in [0.1, 0.15) is 22.5 Å². The standard InChI is InChI=1S/C14H10O6/c1-19-12-5-11-7(4-9(12)16)8-2-6(15)3-10(17)13(8)14(18)20-11/h2-5,15-17H,1H3. The van der Waals surface area contributed by atoms with Crippen LogP contribution in [-0.4, -0.2) is 22.4 Å². The van der Waals surface area contributed by atoms with Crippen LogP contribution < -0.4 is 10.4 Å². The number of rotatable bonds is 1. The fourth-order valence-electron chi connectivity index (χ4n) is 2.20. The zero-order valence-electron chi connectivity index (χ0n) is 10.4. The Hall–Kier alpha value is -2.89. The van der Waals surface area contributed by atoms with Crippen molar-refractivity contribution in [2.75, 3.05) is 7.11 Å². The molecule has 0 aliphatic heterocycles. The number of ether oxygens (including phenoxy) is 1. The molecule has 2 aromatic carbocycles. The fraction of sp³-hybridized carbons (Fsp3) is 0.0714. The van der Waals surface area contributed by atoms with Gasteiger partial charge in [-0.3, -0.25) is 0 Å². The summed E-state index contributed by atoms with van der Waals surface area (Å²) >= 11 is 0. The van der Waals surface area contributed by atoms with Crippen LogP contribution >= 0.6 is 0 Å². The first-order valence-corrected chi connectivity index (χ1v) is 5.70. The first-order valence-electron chi connectivity index (χ1n) is 5.70. The van der Waals surface area contributed by atoms with Crippen LogP contribution in [0.1, 0.15) is 0 Å². The summed E-state index contributed by atoms with van der Waals surface area (Å²) in [6.07, 6.45) is 0. The third-order valence-corrected chi connectivity index (χ3v) is 3.08. The number of fused-ring (bicyclic) bond motifs is 3. The summed E-state index contributed by atoms with van der Waals surface area (Å²) < 4.78 is 10.0. The van der Waals surface area contributed by atoms with E-state index in [1.807, 2.05) is 0 Å². The summed E-state index contributed by atoms with van der Waals surface area (Å²) in [7, 11) is 1.37. The molecule has 6 nitrogen and oxygen atoms in total. The predicted octanol–water partition coefficient (Wildman–Crippen LogP) is 2.07. The summed E-state index contributed by atoms with van der Waals surface area (Å²) in [5, 5.41) is 29.7. The molecule has 0 saturated heterocycles. The number of benzene rings is 2. The minimum absolute atomic E-state index is 0.0557. The maximum absolute atomic E-state index is 11.9. The Labute approximate surface area is 112 Å². The Kier molecular flexibility index (Phi) is 2.47. The zero-order chi connectivity index (χ0) is 14.4. The molecule has 0 atom stereocenters. The molecular formula is C14H10O6. The number of aromatic hydroxyl groups is 3. The molecular weight excluding hydrogens is 264 g/mol. The van der Waals surface area contributed by atoms with Crippen molar-refractivity contribution in [3.63, 3.8) is 0 Å². The van der Waals surface area contributed by atoms with Gasteiger partial charge in [0.05, 0.1) is 7.11 Å². The van der Waals surface area contributed by atoms with Crippen LogP contribution in [0.5, 0.6) is 23.0 Å². The fourth-order valence-corrected chi connectivity index (χ4v) is 2.20. The highest BCUT2D eigenvalue weighted by Crippen LogP contribution is 2.37. The van der Waals surface area contributed by atoms with E-state index in [1.165, 1.54) is 25.3 Å². The van der Waals surface area contributed by atoms with E-state index in [4.69, 9.17) is 9.15 Å². The van der Waals surface area contributed by atoms with Crippen LogP contribution in [0.2, 0.25) is 0 Å². The topological polar surface area (TPSA) is 100 Å².